The van der Waals surface area contributed by atoms with Crippen LogP contribution in [0.25, 0.3) is 6.08 Å². The number of aliphatic imine (C=N–C) groups is 1. The first-order chi connectivity index (χ1) is 15.6. The van der Waals surface area contributed by atoms with E-state index < -0.39 is 0 Å². The van der Waals surface area contributed by atoms with Gasteiger partial charge >= 0.3 is 0 Å². The van der Waals surface area contributed by atoms with Crippen LogP contribution >= 0.6 is 11.8 Å². The van der Waals surface area contributed by atoms with Crippen molar-refractivity contribution in [1.29, 1.82) is 0 Å². The van der Waals surface area contributed by atoms with Gasteiger partial charge in [0.05, 0.1) is 16.3 Å². The number of para-hydroxylation sites is 2. The molecule has 3 aromatic carbocycles. The zero-order valence-electron chi connectivity index (χ0n) is 18.1. The third-order valence-electron chi connectivity index (χ3n) is 5.04. The van der Waals surface area contributed by atoms with Crippen molar-refractivity contribution in [3.05, 3.63) is 107 Å². The molecule has 1 saturated heterocycles. The molecule has 0 unspecified atom stereocenters. The number of nitrogens with zero attached hydrogens (tertiary/aromatic N) is 2. The molecule has 1 fully saturated rings. The molecule has 3 aromatic rings. The number of anilines is 1. The lowest BCUT2D eigenvalue weighted by atomic mass is 10.1. The molecular formula is C27H24N2O2S. The summed E-state index contributed by atoms with van der Waals surface area (Å²) in [7, 11) is 0. The Morgan fingerprint density at radius 3 is 2.34 bits per heavy atom. The van der Waals surface area contributed by atoms with E-state index in [1.807, 2.05) is 92.7 Å². The normalized spacial score (nSPS) is 16.1. The standard InChI is InChI=1S/C27H24N2O2S/c1-4-17-31-22-15-13-21(14-16-22)18-25-26(30)29(24-12-8-6-10-20(24)3)27(32-25)28-23-11-7-5-9-19(23)2/h4-16,18H,1,17H2,2-3H3/b25-18+,28-27?. The summed E-state index contributed by atoms with van der Waals surface area (Å²) >= 11 is 1.39. The number of hydrogen-bond acceptors (Lipinski definition) is 4. The number of amides is 1. The van der Waals surface area contributed by atoms with Crippen molar-refractivity contribution in [3.63, 3.8) is 0 Å². The second-order valence-electron chi connectivity index (χ2n) is 7.39. The highest BCUT2D eigenvalue weighted by Gasteiger charge is 2.35. The van der Waals surface area contributed by atoms with E-state index in [-0.39, 0.29) is 5.91 Å². The Kier molecular flexibility index (Phi) is 6.57. The van der Waals surface area contributed by atoms with E-state index in [1.54, 1.807) is 11.0 Å². The van der Waals surface area contributed by atoms with Gasteiger partial charge in [-0.25, -0.2) is 4.99 Å². The maximum absolute atomic E-state index is 13.5. The van der Waals surface area contributed by atoms with Gasteiger partial charge in [-0.05, 0) is 72.6 Å². The van der Waals surface area contributed by atoms with Crippen LogP contribution in [0.5, 0.6) is 5.75 Å². The minimum Gasteiger partial charge on any atom is -0.490 e. The molecule has 4 nitrogen and oxygen atoms in total. The summed E-state index contributed by atoms with van der Waals surface area (Å²) in [6, 6.07) is 23.5. The number of carbonyl (C=O) groups excluding carboxylic acids is 1. The van der Waals surface area contributed by atoms with Crippen molar-refractivity contribution >= 4 is 40.3 Å². The minimum absolute atomic E-state index is 0.0800. The molecule has 0 spiro atoms. The zero-order valence-corrected chi connectivity index (χ0v) is 18.9. The summed E-state index contributed by atoms with van der Waals surface area (Å²) in [5.41, 5.74) is 4.70. The van der Waals surface area contributed by atoms with E-state index in [1.165, 1.54) is 11.8 Å². The van der Waals surface area contributed by atoms with Crippen molar-refractivity contribution in [1.82, 2.24) is 0 Å². The monoisotopic (exact) mass is 440 g/mol. The minimum atomic E-state index is -0.0800. The number of amidine groups is 1. The van der Waals surface area contributed by atoms with Crippen molar-refractivity contribution in [2.45, 2.75) is 13.8 Å². The molecule has 1 aliphatic rings. The lowest BCUT2D eigenvalue weighted by molar-refractivity contribution is -0.113. The molecule has 4 rings (SSSR count). The van der Waals surface area contributed by atoms with Crippen molar-refractivity contribution < 1.29 is 9.53 Å². The van der Waals surface area contributed by atoms with Gasteiger partial charge in [0.1, 0.15) is 12.4 Å². The lowest BCUT2D eigenvalue weighted by Crippen LogP contribution is -2.29. The van der Waals surface area contributed by atoms with E-state index in [0.29, 0.717) is 16.7 Å². The average Bonchev–Trinajstić information content (AvgIpc) is 3.09. The van der Waals surface area contributed by atoms with Crippen LogP contribution < -0.4 is 9.64 Å². The summed E-state index contributed by atoms with van der Waals surface area (Å²) in [4.78, 5) is 20.7. The fourth-order valence-corrected chi connectivity index (χ4v) is 4.32. The highest BCUT2D eigenvalue weighted by atomic mass is 32.2. The Hall–Kier alpha value is -3.57. The first-order valence-corrected chi connectivity index (χ1v) is 11.2. The SMILES string of the molecule is C=CCOc1ccc(/C=C2/SC(=Nc3ccccc3C)N(c3ccccc3C)C2=O)cc1. The first kappa shape index (κ1) is 21.7. The summed E-state index contributed by atoms with van der Waals surface area (Å²) < 4.78 is 5.55. The molecule has 0 N–H and O–H groups in total. The Bertz CT molecular complexity index is 1210. The maximum Gasteiger partial charge on any atom is 0.271 e. The van der Waals surface area contributed by atoms with Gasteiger partial charge in [0, 0.05) is 0 Å². The van der Waals surface area contributed by atoms with Gasteiger partial charge in [-0.3, -0.25) is 9.69 Å². The summed E-state index contributed by atoms with van der Waals surface area (Å²) in [6.07, 6.45) is 3.61. The molecule has 0 radical (unpaired) electrons. The molecule has 0 aliphatic carbocycles. The average molecular weight is 441 g/mol. The first-order valence-electron chi connectivity index (χ1n) is 10.3. The topological polar surface area (TPSA) is 41.9 Å². The number of aryl methyl sites for hydroxylation is 2. The molecule has 1 heterocycles. The molecular weight excluding hydrogens is 416 g/mol. The van der Waals surface area contributed by atoms with Crippen LogP contribution in [-0.2, 0) is 4.79 Å². The third kappa shape index (κ3) is 4.68. The molecule has 160 valence electrons. The number of benzene rings is 3. The predicted molar refractivity (Wildman–Crippen MR) is 135 cm³/mol. The smallest absolute Gasteiger partial charge is 0.271 e. The van der Waals surface area contributed by atoms with Gasteiger partial charge in [0.2, 0.25) is 0 Å². The Morgan fingerprint density at radius 2 is 1.66 bits per heavy atom. The van der Waals surface area contributed by atoms with Crippen LogP contribution in [0.15, 0.2) is 95.3 Å². The summed E-state index contributed by atoms with van der Waals surface area (Å²) in [5, 5.41) is 0.649. The van der Waals surface area contributed by atoms with Crippen LogP contribution in [-0.4, -0.2) is 17.7 Å². The van der Waals surface area contributed by atoms with E-state index in [4.69, 9.17) is 9.73 Å². The van der Waals surface area contributed by atoms with Crippen LogP contribution in [0, 0.1) is 13.8 Å². The van der Waals surface area contributed by atoms with Crippen LogP contribution in [0.2, 0.25) is 0 Å². The van der Waals surface area contributed by atoms with Crippen LogP contribution in [0.3, 0.4) is 0 Å². The van der Waals surface area contributed by atoms with E-state index >= 15 is 0 Å². The zero-order chi connectivity index (χ0) is 22.5. The molecule has 0 saturated carbocycles. The molecule has 0 aromatic heterocycles. The largest absolute Gasteiger partial charge is 0.490 e. The molecule has 0 atom stereocenters. The van der Waals surface area contributed by atoms with Crippen molar-refractivity contribution in [2.24, 2.45) is 4.99 Å². The van der Waals surface area contributed by atoms with E-state index in [2.05, 4.69) is 6.58 Å². The lowest BCUT2D eigenvalue weighted by Gasteiger charge is -2.18. The Balaban J connectivity index is 1.72. The highest BCUT2D eigenvalue weighted by Crippen LogP contribution is 2.38. The van der Waals surface area contributed by atoms with Gasteiger partial charge in [-0.15, -0.1) is 0 Å². The third-order valence-corrected chi connectivity index (χ3v) is 6.01. The predicted octanol–water partition coefficient (Wildman–Crippen LogP) is 6.68. The number of rotatable bonds is 6. The fraction of sp³-hybridized carbons (Fsp3) is 0.111. The van der Waals surface area contributed by atoms with Crippen LogP contribution in [0.4, 0.5) is 11.4 Å². The highest BCUT2D eigenvalue weighted by molar-refractivity contribution is 8.19. The van der Waals surface area contributed by atoms with Gasteiger partial charge in [0.25, 0.3) is 5.91 Å². The molecule has 1 amide bonds. The molecule has 1 aliphatic heterocycles. The number of hydrogen-bond donors (Lipinski definition) is 0. The summed E-state index contributed by atoms with van der Waals surface area (Å²) in [5.74, 6) is 0.685. The van der Waals surface area contributed by atoms with E-state index in [0.717, 1.165) is 33.8 Å². The van der Waals surface area contributed by atoms with Gasteiger partial charge in [-0.1, -0.05) is 61.2 Å². The fourth-order valence-electron chi connectivity index (χ4n) is 3.33. The Morgan fingerprint density at radius 1 is 0.969 bits per heavy atom. The summed E-state index contributed by atoms with van der Waals surface area (Å²) in [6.45, 7) is 8.14. The van der Waals surface area contributed by atoms with Gasteiger partial charge < -0.3 is 4.74 Å². The number of thioether (sulfide) groups is 1. The Labute approximate surface area is 192 Å². The quantitative estimate of drug-likeness (QED) is 0.317. The second-order valence-corrected chi connectivity index (χ2v) is 8.40. The maximum atomic E-state index is 13.5. The molecule has 32 heavy (non-hydrogen) atoms. The van der Waals surface area contributed by atoms with Crippen molar-refractivity contribution in [3.8, 4) is 5.75 Å². The van der Waals surface area contributed by atoms with Crippen molar-refractivity contribution in [2.75, 3.05) is 11.5 Å². The second kappa shape index (κ2) is 9.71. The number of ether oxygens (including phenoxy) is 1. The van der Waals surface area contributed by atoms with Gasteiger partial charge in [-0.2, -0.15) is 0 Å². The van der Waals surface area contributed by atoms with Gasteiger partial charge in [0.15, 0.2) is 5.17 Å². The number of carbonyl (C=O) groups is 1. The molecule has 5 heteroatoms. The molecule has 0 bridgehead atoms. The van der Waals surface area contributed by atoms with Crippen LogP contribution in [0.1, 0.15) is 16.7 Å². The van der Waals surface area contributed by atoms with E-state index in [9.17, 15) is 4.79 Å².